The highest BCUT2D eigenvalue weighted by Gasteiger charge is 2.17. The first-order valence-corrected chi connectivity index (χ1v) is 12.9. The van der Waals surface area contributed by atoms with Crippen molar-refractivity contribution in [2.24, 2.45) is 0 Å². The molecule has 2 aromatic carbocycles. The van der Waals surface area contributed by atoms with Crippen LogP contribution in [0.4, 0.5) is 5.69 Å². The standard InChI is InChI=1S/C21H23ClN4O4S2/c1-30-13-5-12-26-20(17-6-3-4-7-18(17)22)24-25-21(26)31-14-19(27)23-15-8-10-16(11-9-15)32(2,28)29/h3-4,6-11H,5,12-14H2,1-2H3,(H,23,27). The number of hydrogen-bond acceptors (Lipinski definition) is 7. The molecule has 1 amide bonds. The fraction of sp³-hybridized carbons (Fsp3) is 0.286. The lowest BCUT2D eigenvalue weighted by atomic mass is 10.2. The van der Waals surface area contributed by atoms with Crippen LogP contribution >= 0.6 is 23.4 Å². The van der Waals surface area contributed by atoms with Crippen molar-refractivity contribution in [3.05, 3.63) is 53.6 Å². The van der Waals surface area contributed by atoms with Gasteiger partial charge < -0.3 is 14.6 Å². The van der Waals surface area contributed by atoms with Gasteiger partial charge in [-0.3, -0.25) is 4.79 Å². The molecule has 0 aliphatic rings. The van der Waals surface area contributed by atoms with Crippen LogP contribution in [0.1, 0.15) is 6.42 Å². The summed E-state index contributed by atoms with van der Waals surface area (Å²) in [6.07, 6.45) is 1.88. The Hall–Kier alpha value is -2.40. The highest BCUT2D eigenvalue weighted by Crippen LogP contribution is 2.29. The number of anilines is 1. The first-order valence-electron chi connectivity index (χ1n) is 9.69. The summed E-state index contributed by atoms with van der Waals surface area (Å²) in [5, 5.41) is 12.5. The minimum absolute atomic E-state index is 0.110. The van der Waals surface area contributed by atoms with E-state index in [4.69, 9.17) is 16.3 Å². The SMILES string of the molecule is COCCCn1c(SCC(=O)Nc2ccc(S(C)(=O)=O)cc2)nnc1-c1ccccc1Cl. The van der Waals surface area contributed by atoms with E-state index in [1.807, 2.05) is 22.8 Å². The average molecular weight is 495 g/mol. The summed E-state index contributed by atoms with van der Waals surface area (Å²) in [5.74, 6) is 0.498. The van der Waals surface area contributed by atoms with Gasteiger partial charge in [0.2, 0.25) is 5.91 Å². The number of amides is 1. The van der Waals surface area contributed by atoms with E-state index < -0.39 is 9.84 Å². The summed E-state index contributed by atoms with van der Waals surface area (Å²) >= 11 is 7.60. The van der Waals surface area contributed by atoms with Crippen molar-refractivity contribution in [1.82, 2.24) is 14.8 Å². The third kappa shape index (κ3) is 6.32. The van der Waals surface area contributed by atoms with Crippen molar-refractivity contribution in [3.8, 4) is 11.4 Å². The second-order valence-electron chi connectivity index (χ2n) is 6.92. The number of methoxy groups -OCH3 is 1. The van der Waals surface area contributed by atoms with Gasteiger partial charge in [0.25, 0.3) is 0 Å². The number of halogens is 1. The topological polar surface area (TPSA) is 103 Å². The first-order chi connectivity index (χ1) is 15.3. The predicted octanol–water partition coefficient (Wildman–Crippen LogP) is 3.77. The van der Waals surface area contributed by atoms with E-state index in [0.29, 0.717) is 34.8 Å². The third-order valence-electron chi connectivity index (χ3n) is 4.46. The van der Waals surface area contributed by atoms with Crippen LogP contribution < -0.4 is 5.32 Å². The Balaban J connectivity index is 1.71. The number of rotatable bonds is 10. The van der Waals surface area contributed by atoms with Gasteiger partial charge in [-0.2, -0.15) is 0 Å². The molecule has 32 heavy (non-hydrogen) atoms. The Kier molecular flexibility index (Phi) is 8.30. The molecule has 0 atom stereocenters. The predicted molar refractivity (Wildman–Crippen MR) is 126 cm³/mol. The molecule has 0 radical (unpaired) electrons. The van der Waals surface area contributed by atoms with Crippen LogP contribution in [0.3, 0.4) is 0 Å². The molecule has 0 aliphatic heterocycles. The quantitative estimate of drug-likeness (QED) is 0.338. The van der Waals surface area contributed by atoms with Crippen LogP contribution in [0.15, 0.2) is 58.6 Å². The maximum atomic E-state index is 12.4. The van der Waals surface area contributed by atoms with Gasteiger partial charge in [-0.05, 0) is 42.8 Å². The summed E-state index contributed by atoms with van der Waals surface area (Å²) in [4.78, 5) is 12.6. The summed E-state index contributed by atoms with van der Waals surface area (Å²) in [7, 11) is -1.64. The van der Waals surface area contributed by atoms with Crippen LogP contribution in [0.2, 0.25) is 5.02 Å². The molecule has 1 heterocycles. The number of sulfone groups is 1. The first kappa shape index (κ1) is 24.2. The van der Waals surface area contributed by atoms with Gasteiger partial charge in [-0.1, -0.05) is 35.5 Å². The molecule has 0 fully saturated rings. The molecule has 0 unspecified atom stereocenters. The number of aromatic nitrogens is 3. The maximum absolute atomic E-state index is 12.4. The van der Waals surface area contributed by atoms with Gasteiger partial charge >= 0.3 is 0 Å². The number of carbonyl (C=O) groups is 1. The fourth-order valence-corrected chi connectivity index (χ4v) is 4.53. The summed E-state index contributed by atoms with van der Waals surface area (Å²) < 4.78 is 30.2. The molecule has 11 heteroatoms. The number of benzene rings is 2. The van der Waals surface area contributed by atoms with Crippen molar-refractivity contribution >= 4 is 44.8 Å². The van der Waals surface area contributed by atoms with E-state index in [1.165, 1.54) is 23.9 Å². The summed E-state index contributed by atoms with van der Waals surface area (Å²) in [5.41, 5.74) is 1.28. The molecule has 0 saturated heterocycles. The Morgan fingerprint density at radius 3 is 2.53 bits per heavy atom. The van der Waals surface area contributed by atoms with Crippen molar-refractivity contribution in [2.75, 3.05) is 31.0 Å². The zero-order valence-corrected chi connectivity index (χ0v) is 20.0. The fourth-order valence-electron chi connectivity index (χ4n) is 2.92. The van der Waals surface area contributed by atoms with Crippen LogP contribution in [0.25, 0.3) is 11.4 Å². The summed E-state index contributed by atoms with van der Waals surface area (Å²) in [6, 6.07) is 13.4. The van der Waals surface area contributed by atoms with E-state index in [9.17, 15) is 13.2 Å². The second kappa shape index (κ2) is 11.0. The molecule has 0 bridgehead atoms. The molecule has 0 saturated carbocycles. The smallest absolute Gasteiger partial charge is 0.234 e. The van der Waals surface area contributed by atoms with Gasteiger partial charge in [-0.15, -0.1) is 10.2 Å². The Morgan fingerprint density at radius 1 is 1.16 bits per heavy atom. The van der Waals surface area contributed by atoms with E-state index in [0.717, 1.165) is 18.2 Å². The molecular weight excluding hydrogens is 472 g/mol. The number of carbonyl (C=O) groups excluding carboxylic acids is 1. The lowest BCUT2D eigenvalue weighted by Crippen LogP contribution is -2.15. The van der Waals surface area contributed by atoms with Crippen LogP contribution in [-0.2, 0) is 25.9 Å². The van der Waals surface area contributed by atoms with E-state index in [1.54, 1.807) is 25.3 Å². The molecule has 8 nitrogen and oxygen atoms in total. The largest absolute Gasteiger partial charge is 0.385 e. The van der Waals surface area contributed by atoms with Gasteiger partial charge in [0.05, 0.1) is 15.7 Å². The third-order valence-corrected chi connectivity index (χ3v) is 6.89. The Morgan fingerprint density at radius 2 is 1.88 bits per heavy atom. The molecule has 3 aromatic rings. The van der Waals surface area contributed by atoms with Crippen LogP contribution in [0, 0.1) is 0 Å². The zero-order valence-electron chi connectivity index (χ0n) is 17.6. The number of ether oxygens (including phenoxy) is 1. The normalized spacial score (nSPS) is 11.5. The van der Waals surface area contributed by atoms with E-state index in [2.05, 4.69) is 15.5 Å². The van der Waals surface area contributed by atoms with Crippen LogP contribution in [-0.4, -0.2) is 54.8 Å². The number of nitrogens with zero attached hydrogens (tertiary/aromatic N) is 3. The zero-order chi connectivity index (χ0) is 23.1. The van der Waals surface area contributed by atoms with E-state index >= 15 is 0 Å². The minimum atomic E-state index is -3.29. The van der Waals surface area contributed by atoms with Gasteiger partial charge in [0.1, 0.15) is 0 Å². The highest BCUT2D eigenvalue weighted by atomic mass is 35.5. The lowest BCUT2D eigenvalue weighted by molar-refractivity contribution is -0.113. The van der Waals surface area contributed by atoms with Crippen LogP contribution in [0.5, 0.6) is 0 Å². The number of nitrogens with one attached hydrogen (secondary N) is 1. The number of hydrogen-bond donors (Lipinski definition) is 1. The van der Waals surface area contributed by atoms with E-state index in [-0.39, 0.29) is 16.6 Å². The molecule has 1 aromatic heterocycles. The van der Waals surface area contributed by atoms with Crippen molar-refractivity contribution in [3.63, 3.8) is 0 Å². The number of thioether (sulfide) groups is 1. The monoisotopic (exact) mass is 494 g/mol. The van der Waals surface area contributed by atoms with Crippen molar-refractivity contribution < 1.29 is 17.9 Å². The Bertz CT molecular complexity index is 1180. The van der Waals surface area contributed by atoms with Gasteiger partial charge in [0, 0.05) is 37.8 Å². The molecule has 0 aliphatic carbocycles. The second-order valence-corrected chi connectivity index (χ2v) is 10.3. The molecule has 1 N–H and O–H groups in total. The maximum Gasteiger partial charge on any atom is 0.234 e. The molecule has 3 rings (SSSR count). The van der Waals surface area contributed by atoms with Gasteiger partial charge in [-0.25, -0.2) is 8.42 Å². The van der Waals surface area contributed by atoms with Crippen molar-refractivity contribution in [1.29, 1.82) is 0 Å². The average Bonchev–Trinajstić information content (AvgIpc) is 3.15. The molecular formula is C21H23ClN4O4S2. The Labute approximate surface area is 196 Å². The summed E-state index contributed by atoms with van der Waals surface area (Å²) in [6.45, 7) is 1.19. The molecule has 170 valence electrons. The molecule has 0 spiro atoms. The van der Waals surface area contributed by atoms with Crippen molar-refractivity contribution in [2.45, 2.75) is 23.0 Å². The van der Waals surface area contributed by atoms with Gasteiger partial charge in [0.15, 0.2) is 20.8 Å². The minimum Gasteiger partial charge on any atom is -0.385 e. The lowest BCUT2D eigenvalue weighted by Gasteiger charge is -2.11. The highest BCUT2D eigenvalue weighted by molar-refractivity contribution is 7.99.